The van der Waals surface area contributed by atoms with Gasteiger partial charge in [0.1, 0.15) is 0 Å². The third-order valence-electron chi connectivity index (χ3n) is 5.92. The quantitative estimate of drug-likeness (QED) is 0.460. The molecule has 5 rings (SSSR count). The minimum atomic E-state index is -0.299. The molecule has 1 fully saturated rings. The molecule has 1 aliphatic heterocycles. The van der Waals surface area contributed by atoms with Crippen molar-refractivity contribution in [3.05, 3.63) is 53.1 Å². The van der Waals surface area contributed by atoms with Gasteiger partial charge >= 0.3 is 6.01 Å². The van der Waals surface area contributed by atoms with Crippen LogP contribution in [0.3, 0.4) is 0 Å². The minimum absolute atomic E-state index is 0.208. The van der Waals surface area contributed by atoms with E-state index in [9.17, 15) is 4.79 Å². The zero-order chi connectivity index (χ0) is 24.0. The van der Waals surface area contributed by atoms with Gasteiger partial charge < -0.3 is 24.7 Å². The van der Waals surface area contributed by atoms with Crippen LogP contribution in [0.25, 0.3) is 16.6 Å². The van der Waals surface area contributed by atoms with Crippen molar-refractivity contribution in [2.45, 2.75) is 32.9 Å². The number of amides is 1. The van der Waals surface area contributed by atoms with Crippen molar-refractivity contribution < 1.29 is 9.53 Å². The van der Waals surface area contributed by atoms with Crippen molar-refractivity contribution in [3.8, 4) is 6.01 Å². The Kier molecular flexibility index (Phi) is 5.75. The number of halogens is 1. The van der Waals surface area contributed by atoms with E-state index >= 15 is 0 Å². The molecular formula is C24H26ClN7O2. The molecule has 176 valence electrons. The van der Waals surface area contributed by atoms with Crippen molar-refractivity contribution in [3.63, 3.8) is 0 Å². The largest absolute Gasteiger partial charge is 0.467 e. The van der Waals surface area contributed by atoms with Gasteiger partial charge in [0, 0.05) is 54.8 Å². The van der Waals surface area contributed by atoms with Gasteiger partial charge in [-0.2, -0.15) is 4.98 Å². The summed E-state index contributed by atoms with van der Waals surface area (Å²) in [5.41, 5.74) is 3.99. The van der Waals surface area contributed by atoms with Crippen LogP contribution in [0.15, 0.2) is 36.8 Å². The normalized spacial score (nSPS) is 18.4. The number of methoxy groups -OCH3 is 1. The first-order valence-corrected chi connectivity index (χ1v) is 11.5. The Morgan fingerprint density at radius 1 is 1.21 bits per heavy atom. The number of imidazole rings is 1. The summed E-state index contributed by atoms with van der Waals surface area (Å²) in [6, 6.07) is 6.35. The van der Waals surface area contributed by atoms with E-state index in [2.05, 4.69) is 44.3 Å². The predicted octanol–water partition coefficient (Wildman–Crippen LogP) is 3.69. The number of nitrogens with one attached hydrogen (secondary N) is 2. The van der Waals surface area contributed by atoms with Crippen molar-refractivity contribution in [2.24, 2.45) is 0 Å². The van der Waals surface area contributed by atoms with E-state index in [1.165, 1.54) is 7.11 Å². The molecule has 4 aromatic rings. The number of nitrogens with zero attached hydrogens (tertiary/aromatic N) is 5. The van der Waals surface area contributed by atoms with Gasteiger partial charge in [0.2, 0.25) is 0 Å². The lowest BCUT2D eigenvalue weighted by molar-refractivity contribution is 0.102. The molecule has 0 spiro atoms. The van der Waals surface area contributed by atoms with E-state index < -0.39 is 0 Å². The summed E-state index contributed by atoms with van der Waals surface area (Å²) in [6.45, 7) is 7.91. The number of carbonyl (C=O) groups excluding carboxylic acids is 1. The highest BCUT2D eigenvalue weighted by Crippen LogP contribution is 2.31. The van der Waals surface area contributed by atoms with Crippen molar-refractivity contribution >= 4 is 45.4 Å². The van der Waals surface area contributed by atoms with Crippen LogP contribution < -0.4 is 20.3 Å². The molecule has 1 aliphatic rings. The minimum Gasteiger partial charge on any atom is -0.467 e. The van der Waals surface area contributed by atoms with Gasteiger partial charge in [-0.1, -0.05) is 11.6 Å². The summed E-state index contributed by atoms with van der Waals surface area (Å²) in [4.78, 5) is 28.9. The molecule has 1 aromatic carbocycles. The van der Waals surface area contributed by atoms with Gasteiger partial charge in [0.25, 0.3) is 5.91 Å². The molecule has 0 bridgehead atoms. The van der Waals surface area contributed by atoms with E-state index in [0.29, 0.717) is 39.5 Å². The molecular weight excluding hydrogens is 454 g/mol. The van der Waals surface area contributed by atoms with E-state index in [-0.39, 0.29) is 11.9 Å². The summed E-state index contributed by atoms with van der Waals surface area (Å²) in [5, 5.41) is 7.75. The van der Waals surface area contributed by atoms with Crippen LogP contribution in [0.5, 0.6) is 6.01 Å². The van der Waals surface area contributed by atoms with Crippen LogP contribution in [-0.2, 0) is 0 Å². The number of carbonyl (C=O) groups is 1. The zero-order valence-corrected chi connectivity index (χ0v) is 20.2. The fourth-order valence-electron chi connectivity index (χ4n) is 4.62. The Labute approximate surface area is 202 Å². The first-order chi connectivity index (χ1) is 16.3. The van der Waals surface area contributed by atoms with Gasteiger partial charge in [-0.15, -0.1) is 0 Å². The van der Waals surface area contributed by atoms with E-state index in [0.717, 1.165) is 29.9 Å². The molecule has 0 radical (unpaired) electrons. The number of piperazine rings is 1. The SMILES string of the molecule is COc1ncc2c(N3C[C@@H](C)N[C@@H](C)C3)ccc(C(=O)Nc3cc(Cl)c4nc(C)cn4c3)c2n1. The van der Waals surface area contributed by atoms with E-state index in [1.807, 2.05) is 19.2 Å². The van der Waals surface area contributed by atoms with Crippen LogP contribution in [0.1, 0.15) is 29.9 Å². The molecule has 1 saturated heterocycles. The molecule has 10 heteroatoms. The van der Waals surface area contributed by atoms with Gasteiger partial charge in [-0.25, -0.2) is 9.97 Å². The van der Waals surface area contributed by atoms with Gasteiger partial charge in [0.15, 0.2) is 5.65 Å². The lowest BCUT2D eigenvalue weighted by Gasteiger charge is -2.38. The third kappa shape index (κ3) is 4.12. The number of ether oxygens (including phenoxy) is 1. The average molecular weight is 480 g/mol. The highest BCUT2D eigenvalue weighted by molar-refractivity contribution is 6.33. The smallest absolute Gasteiger partial charge is 0.316 e. The summed E-state index contributed by atoms with van der Waals surface area (Å²) < 4.78 is 7.05. The second kappa shape index (κ2) is 8.73. The fourth-order valence-corrected chi connectivity index (χ4v) is 4.87. The lowest BCUT2D eigenvalue weighted by Crippen LogP contribution is -2.54. The lowest BCUT2D eigenvalue weighted by atomic mass is 10.0. The first kappa shape index (κ1) is 22.4. The topological polar surface area (TPSA) is 96.7 Å². The number of hydrogen-bond donors (Lipinski definition) is 2. The van der Waals surface area contributed by atoms with Crippen LogP contribution in [0, 0.1) is 6.92 Å². The number of benzene rings is 1. The standard InChI is InChI=1S/C24H26ClN7O2/c1-13-9-31(10-14(2)27-13)20-6-5-17(21-18(20)8-26-24(30-21)34-4)23(33)29-16-7-19(25)22-28-15(3)11-32(22)12-16/h5-8,11-14,27H,9-10H2,1-4H3,(H,29,33)/t13-,14+. The van der Waals surface area contributed by atoms with E-state index in [1.54, 1.807) is 28.9 Å². The number of anilines is 2. The van der Waals surface area contributed by atoms with E-state index in [4.69, 9.17) is 16.3 Å². The zero-order valence-electron chi connectivity index (χ0n) is 19.5. The third-order valence-corrected chi connectivity index (χ3v) is 6.19. The molecule has 2 atom stereocenters. The van der Waals surface area contributed by atoms with Crippen LogP contribution in [-0.4, -0.2) is 57.5 Å². The highest BCUT2D eigenvalue weighted by Gasteiger charge is 2.24. The summed E-state index contributed by atoms with van der Waals surface area (Å²) in [5.74, 6) is -0.299. The number of aromatic nitrogens is 4. The Morgan fingerprint density at radius 3 is 2.71 bits per heavy atom. The predicted molar refractivity (Wildman–Crippen MR) is 133 cm³/mol. The molecule has 2 N–H and O–H groups in total. The Hall–Kier alpha value is -3.43. The van der Waals surface area contributed by atoms with Crippen molar-refractivity contribution in [2.75, 3.05) is 30.4 Å². The maximum Gasteiger partial charge on any atom is 0.316 e. The van der Waals surface area contributed by atoms with Gasteiger partial charge in [-0.3, -0.25) is 4.79 Å². The average Bonchev–Trinajstić information content (AvgIpc) is 3.18. The van der Waals surface area contributed by atoms with Crippen molar-refractivity contribution in [1.82, 2.24) is 24.7 Å². The maximum absolute atomic E-state index is 13.4. The molecule has 0 saturated carbocycles. The molecule has 1 amide bonds. The van der Waals surface area contributed by atoms with Crippen LogP contribution in [0.2, 0.25) is 5.02 Å². The van der Waals surface area contributed by atoms with Crippen LogP contribution >= 0.6 is 11.6 Å². The molecule has 0 unspecified atom stereocenters. The van der Waals surface area contributed by atoms with Gasteiger partial charge in [-0.05, 0) is 39.0 Å². The second-order valence-electron chi connectivity index (χ2n) is 8.77. The van der Waals surface area contributed by atoms with Crippen molar-refractivity contribution in [1.29, 1.82) is 0 Å². The number of fused-ring (bicyclic) bond motifs is 2. The Balaban J connectivity index is 1.54. The monoisotopic (exact) mass is 479 g/mol. The molecule has 9 nitrogen and oxygen atoms in total. The number of pyridine rings is 1. The summed E-state index contributed by atoms with van der Waals surface area (Å²) >= 11 is 6.39. The fraction of sp³-hybridized carbons (Fsp3) is 0.333. The molecule has 0 aliphatic carbocycles. The summed E-state index contributed by atoms with van der Waals surface area (Å²) in [6.07, 6.45) is 5.37. The Morgan fingerprint density at radius 2 is 1.97 bits per heavy atom. The maximum atomic E-state index is 13.4. The molecule has 4 heterocycles. The summed E-state index contributed by atoms with van der Waals surface area (Å²) in [7, 11) is 1.51. The second-order valence-corrected chi connectivity index (χ2v) is 9.18. The Bertz CT molecular complexity index is 1390. The molecule has 34 heavy (non-hydrogen) atoms. The first-order valence-electron chi connectivity index (χ1n) is 11.1. The highest BCUT2D eigenvalue weighted by atomic mass is 35.5. The van der Waals surface area contributed by atoms with Gasteiger partial charge in [0.05, 0.1) is 34.6 Å². The number of hydrogen-bond acceptors (Lipinski definition) is 7. The molecule has 3 aromatic heterocycles. The van der Waals surface area contributed by atoms with Crippen LogP contribution in [0.4, 0.5) is 11.4 Å². The number of rotatable bonds is 4. The number of aryl methyl sites for hydroxylation is 1.